The van der Waals surface area contributed by atoms with Crippen molar-refractivity contribution in [1.29, 1.82) is 0 Å². The predicted molar refractivity (Wildman–Crippen MR) is 110 cm³/mol. The molecule has 156 valence electrons. The van der Waals surface area contributed by atoms with Crippen LogP contribution in [0.5, 0.6) is 0 Å². The van der Waals surface area contributed by atoms with Gasteiger partial charge in [0.1, 0.15) is 0 Å². The highest BCUT2D eigenvalue weighted by Gasteiger charge is 2.53. The van der Waals surface area contributed by atoms with Crippen LogP contribution in [-0.4, -0.2) is 47.1 Å². The molecule has 1 saturated heterocycles. The Balaban J connectivity index is 1.90. The van der Waals surface area contributed by atoms with Crippen molar-refractivity contribution in [3.63, 3.8) is 0 Å². The van der Waals surface area contributed by atoms with E-state index in [1.165, 1.54) is 6.20 Å². The van der Waals surface area contributed by atoms with E-state index in [2.05, 4.69) is 9.97 Å². The van der Waals surface area contributed by atoms with Crippen LogP contribution in [0.3, 0.4) is 0 Å². The van der Waals surface area contributed by atoms with Gasteiger partial charge in [0.05, 0.1) is 12.2 Å². The number of nitrogens with zero attached hydrogens (tertiary/aromatic N) is 2. The smallest absolute Gasteiger partial charge is 0.411 e. The van der Waals surface area contributed by atoms with Gasteiger partial charge in [-0.05, 0) is 64.9 Å². The summed E-state index contributed by atoms with van der Waals surface area (Å²) in [5, 5.41) is 0. The summed E-state index contributed by atoms with van der Waals surface area (Å²) in [7, 11) is 0. The number of hydrogen-bond acceptors (Lipinski definition) is 7. The molecule has 0 amide bonds. The van der Waals surface area contributed by atoms with Gasteiger partial charge in [-0.15, -0.1) is 5.46 Å². The lowest BCUT2D eigenvalue weighted by Crippen LogP contribution is -2.55. The summed E-state index contributed by atoms with van der Waals surface area (Å²) in [4.78, 5) is 20.4. The van der Waals surface area contributed by atoms with Crippen LogP contribution in [0.15, 0.2) is 43.0 Å². The summed E-state index contributed by atoms with van der Waals surface area (Å²) in [6.07, 6.45) is 7.25. The van der Waals surface area contributed by atoms with Gasteiger partial charge in [-0.25, -0.2) is 4.79 Å². The minimum atomic E-state index is -2.31. The molecular weight excluding hydrogens is 371 g/mol. The molecule has 1 aliphatic rings. The van der Waals surface area contributed by atoms with Gasteiger partial charge in [0, 0.05) is 36.4 Å². The number of aromatic nitrogens is 2. The monoisotopic (exact) mass is 399 g/mol. The number of carbonyl (C=O) groups excluding carboxylic acids is 1. The number of pyridine rings is 2. The highest BCUT2D eigenvalue weighted by atomic mass is 16.8. The number of ether oxygens (including phenoxy) is 1. The van der Waals surface area contributed by atoms with Crippen LogP contribution < -0.4 is 5.46 Å². The van der Waals surface area contributed by atoms with Crippen LogP contribution in [0.4, 0.5) is 0 Å². The van der Waals surface area contributed by atoms with E-state index >= 15 is 0 Å². The maximum atomic E-state index is 12.2. The molecule has 3 rings (SSSR count). The number of hydrogen-bond donors (Lipinski definition) is 0. The summed E-state index contributed by atoms with van der Waals surface area (Å²) >= 11 is 0. The molecule has 2 aromatic heterocycles. The molecule has 0 bridgehead atoms. The fourth-order valence-corrected chi connectivity index (χ4v) is 3.24. The molecule has 0 N–H and O–H groups in total. The van der Waals surface area contributed by atoms with Crippen molar-refractivity contribution in [3.8, 4) is 0 Å². The van der Waals surface area contributed by atoms with Crippen molar-refractivity contribution >= 4 is 18.2 Å². The van der Waals surface area contributed by atoms with Gasteiger partial charge in [0.2, 0.25) is 0 Å². The standard InChI is InChI=1S/C21H28BN2O5/c1-6-26-19(25)17-13-18(15-24-14-17)22(28-20(2,3)21(4,5)29-22)27-12-9-16-7-10-23-11-8-16/h7-8,10-11,13-15H,6,9,12H2,1-5H3/q-1. The van der Waals surface area contributed by atoms with Crippen LogP contribution in [0.25, 0.3) is 0 Å². The molecule has 0 spiro atoms. The minimum Gasteiger partial charge on any atom is -0.540 e. The number of esters is 1. The Morgan fingerprint density at radius 3 is 2.34 bits per heavy atom. The molecule has 0 atom stereocenters. The van der Waals surface area contributed by atoms with E-state index in [-0.39, 0.29) is 6.61 Å². The minimum absolute atomic E-state index is 0.287. The van der Waals surface area contributed by atoms with Crippen molar-refractivity contribution in [3.05, 3.63) is 54.1 Å². The third-order valence-corrected chi connectivity index (χ3v) is 5.51. The Morgan fingerprint density at radius 1 is 1.07 bits per heavy atom. The van der Waals surface area contributed by atoms with Crippen molar-refractivity contribution in [1.82, 2.24) is 9.97 Å². The molecule has 0 aromatic carbocycles. The van der Waals surface area contributed by atoms with Crippen LogP contribution >= 0.6 is 0 Å². The van der Waals surface area contributed by atoms with Crippen molar-refractivity contribution in [2.24, 2.45) is 0 Å². The van der Waals surface area contributed by atoms with Crippen molar-refractivity contribution in [2.45, 2.75) is 52.2 Å². The van der Waals surface area contributed by atoms with Gasteiger partial charge in [0.15, 0.2) is 0 Å². The maximum Gasteiger partial charge on any atom is 0.411 e. The first-order valence-electron chi connectivity index (χ1n) is 9.88. The fourth-order valence-electron chi connectivity index (χ4n) is 3.24. The van der Waals surface area contributed by atoms with Crippen molar-refractivity contribution < 1.29 is 23.5 Å². The first kappa shape index (κ1) is 21.4. The summed E-state index contributed by atoms with van der Waals surface area (Å²) < 4.78 is 24.1. The highest BCUT2D eigenvalue weighted by Crippen LogP contribution is 2.41. The summed E-state index contributed by atoms with van der Waals surface area (Å²) in [5.41, 5.74) is 0.788. The van der Waals surface area contributed by atoms with E-state index in [9.17, 15) is 4.79 Å². The van der Waals surface area contributed by atoms with E-state index < -0.39 is 23.9 Å². The summed E-state index contributed by atoms with van der Waals surface area (Å²) in [6, 6.07) is 5.56. The normalized spacial score (nSPS) is 19.1. The second kappa shape index (κ2) is 8.22. The molecule has 0 radical (unpaired) electrons. The van der Waals surface area contributed by atoms with Gasteiger partial charge < -0.3 is 18.7 Å². The number of carbonyl (C=O) groups is 1. The predicted octanol–water partition coefficient (Wildman–Crippen LogP) is 2.66. The van der Waals surface area contributed by atoms with Crippen molar-refractivity contribution in [2.75, 3.05) is 13.2 Å². The molecule has 3 heterocycles. The van der Waals surface area contributed by atoms with Gasteiger partial charge >= 0.3 is 12.7 Å². The Labute approximate surface area is 171 Å². The van der Waals surface area contributed by atoms with Crippen LogP contribution in [0.2, 0.25) is 0 Å². The Hall–Kier alpha value is -2.29. The van der Waals surface area contributed by atoms with E-state index in [1.807, 2.05) is 39.8 Å². The lowest BCUT2D eigenvalue weighted by molar-refractivity contribution is 0.00578. The van der Waals surface area contributed by atoms with E-state index in [0.717, 1.165) is 5.56 Å². The molecule has 2 aromatic rings. The van der Waals surface area contributed by atoms with Crippen LogP contribution in [0, 0.1) is 0 Å². The quantitative estimate of drug-likeness (QED) is 0.523. The molecule has 0 saturated carbocycles. The lowest BCUT2D eigenvalue weighted by Gasteiger charge is -2.38. The third kappa shape index (κ3) is 4.50. The van der Waals surface area contributed by atoms with Crippen LogP contribution in [0.1, 0.15) is 50.5 Å². The second-order valence-electron chi connectivity index (χ2n) is 8.10. The van der Waals surface area contributed by atoms with E-state index in [0.29, 0.717) is 24.1 Å². The zero-order valence-electron chi connectivity index (χ0n) is 17.7. The zero-order chi connectivity index (χ0) is 21.1. The highest BCUT2D eigenvalue weighted by molar-refractivity contribution is 6.76. The average molecular weight is 399 g/mol. The first-order chi connectivity index (χ1) is 13.7. The van der Waals surface area contributed by atoms with Gasteiger partial charge in [0.25, 0.3) is 0 Å². The molecule has 0 aliphatic carbocycles. The summed E-state index contributed by atoms with van der Waals surface area (Å²) in [5.74, 6) is -0.443. The fraction of sp³-hybridized carbons (Fsp3) is 0.476. The first-order valence-corrected chi connectivity index (χ1v) is 9.88. The molecule has 0 unspecified atom stereocenters. The Kier molecular flexibility index (Phi) is 6.07. The second-order valence-corrected chi connectivity index (χ2v) is 8.10. The Bertz CT molecular complexity index is 841. The molecule has 1 fully saturated rings. The Morgan fingerprint density at radius 2 is 1.72 bits per heavy atom. The van der Waals surface area contributed by atoms with Gasteiger partial charge in [-0.1, -0.05) is 6.07 Å². The van der Waals surface area contributed by atoms with Crippen LogP contribution in [-0.2, 0) is 25.1 Å². The SMILES string of the molecule is CCOC(=O)c1cncc([B-]2(OCCc3ccncc3)OC(C)(C)C(C)(C)O2)c1. The van der Waals surface area contributed by atoms with Gasteiger partial charge in [-0.3, -0.25) is 9.97 Å². The van der Waals surface area contributed by atoms with E-state index in [1.54, 1.807) is 31.6 Å². The van der Waals surface area contributed by atoms with Gasteiger partial charge in [-0.2, -0.15) is 0 Å². The lowest BCUT2D eigenvalue weighted by atomic mass is 9.69. The molecule has 7 nitrogen and oxygen atoms in total. The molecule has 29 heavy (non-hydrogen) atoms. The zero-order valence-corrected chi connectivity index (χ0v) is 17.7. The molecular formula is C21H28BN2O5-. The van der Waals surface area contributed by atoms with E-state index in [4.69, 9.17) is 18.7 Å². The molecule has 8 heteroatoms. The maximum absolute atomic E-state index is 12.2. The average Bonchev–Trinajstić information content (AvgIpc) is 2.87. The number of rotatable bonds is 7. The third-order valence-electron chi connectivity index (χ3n) is 5.51. The molecule has 1 aliphatic heterocycles. The largest absolute Gasteiger partial charge is 0.540 e. The topological polar surface area (TPSA) is 79.8 Å². The summed E-state index contributed by atoms with van der Waals surface area (Å²) in [6.45, 7) is 7.97.